The third-order valence-corrected chi connectivity index (χ3v) is 6.18. The third kappa shape index (κ3) is 4.12. The van der Waals surface area contributed by atoms with Crippen LogP contribution in [-0.4, -0.2) is 70.5 Å². The molecule has 1 aromatic heterocycles. The number of ether oxygens (including phenoxy) is 1. The van der Waals surface area contributed by atoms with Crippen molar-refractivity contribution < 1.29 is 9.53 Å². The molecule has 8 heteroatoms. The second-order valence-corrected chi connectivity index (χ2v) is 8.62. The van der Waals surface area contributed by atoms with Crippen molar-refractivity contribution in [2.24, 2.45) is 0 Å². The van der Waals surface area contributed by atoms with Crippen LogP contribution in [0, 0.1) is 0 Å². The molecule has 3 atom stereocenters. The minimum Gasteiger partial charge on any atom is -0.373 e. The van der Waals surface area contributed by atoms with E-state index in [0.717, 1.165) is 44.0 Å². The van der Waals surface area contributed by atoms with Crippen molar-refractivity contribution >= 4 is 22.5 Å². The topological polar surface area (TPSA) is 70.6 Å². The first-order valence-electron chi connectivity index (χ1n) is 9.37. The average molecular weight is 366 g/mol. The summed E-state index contributed by atoms with van der Waals surface area (Å²) in [6, 6.07) is 0.240. The Labute approximate surface area is 152 Å². The van der Waals surface area contributed by atoms with Gasteiger partial charge in [-0.05, 0) is 39.5 Å². The summed E-state index contributed by atoms with van der Waals surface area (Å²) < 4.78 is 5.81. The zero-order valence-electron chi connectivity index (χ0n) is 15.0. The highest BCUT2D eigenvalue weighted by Crippen LogP contribution is 2.42. The fourth-order valence-corrected chi connectivity index (χ4v) is 4.87. The Hall–Kier alpha value is -1.25. The molecule has 138 valence electrons. The van der Waals surface area contributed by atoms with E-state index in [4.69, 9.17) is 4.74 Å². The highest BCUT2D eigenvalue weighted by Gasteiger charge is 2.33. The summed E-state index contributed by atoms with van der Waals surface area (Å²) in [5.74, 6) is 0.577. The largest absolute Gasteiger partial charge is 0.373 e. The number of nitrogens with one attached hydrogen (secondary N) is 1. The van der Waals surface area contributed by atoms with Crippen LogP contribution in [0.3, 0.4) is 0 Å². The highest BCUT2D eigenvalue weighted by molar-refractivity contribution is 7.15. The maximum atomic E-state index is 12.7. The molecule has 4 rings (SSSR count). The van der Waals surface area contributed by atoms with E-state index in [-0.39, 0.29) is 24.3 Å². The molecule has 7 nitrogen and oxygen atoms in total. The van der Waals surface area contributed by atoms with Crippen LogP contribution >= 0.6 is 11.3 Å². The number of likely N-dealkylation sites (tertiary alicyclic amines) is 1. The summed E-state index contributed by atoms with van der Waals surface area (Å²) in [6.07, 6.45) is 5.05. The lowest BCUT2D eigenvalue weighted by atomic mass is 10.1. The molecular formula is C17H27N5O2S. The number of anilines is 1. The molecule has 3 heterocycles. The van der Waals surface area contributed by atoms with Gasteiger partial charge in [0.2, 0.25) is 5.13 Å². The smallest absolute Gasteiger partial charge is 0.323 e. The van der Waals surface area contributed by atoms with Gasteiger partial charge in [0.25, 0.3) is 0 Å². The Bertz CT molecular complexity index is 610. The van der Waals surface area contributed by atoms with Crippen molar-refractivity contribution in [3.05, 3.63) is 5.01 Å². The number of rotatable bonds is 4. The van der Waals surface area contributed by atoms with Gasteiger partial charge in [-0.2, -0.15) is 0 Å². The van der Waals surface area contributed by atoms with Crippen LogP contribution < -0.4 is 5.32 Å². The van der Waals surface area contributed by atoms with Gasteiger partial charge in [0.1, 0.15) is 5.01 Å². The Kier molecular flexibility index (Phi) is 4.92. The predicted molar refractivity (Wildman–Crippen MR) is 97.1 cm³/mol. The van der Waals surface area contributed by atoms with Crippen molar-refractivity contribution in [2.75, 3.05) is 31.5 Å². The van der Waals surface area contributed by atoms with E-state index in [2.05, 4.69) is 34.3 Å². The number of carbonyl (C=O) groups excluding carboxylic acids is 1. The number of morpholine rings is 1. The minimum atomic E-state index is -0.0321. The van der Waals surface area contributed by atoms with Crippen LogP contribution in [0.1, 0.15) is 50.5 Å². The second kappa shape index (κ2) is 7.17. The maximum Gasteiger partial charge on any atom is 0.323 e. The number of hydrogen-bond acceptors (Lipinski definition) is 6. The first-order valence-corrected chi connectivity index (χ1v) is 10.2. The normalized spacial score (nSPS) is 30.6. The number of amides is 2. The van der Waals surface area contributed by atoms with Gasteiger partial charge >= 0.3 is 6.03 Å². The van der Waals surface area contributed by atoms with Crippen LogP contribution in [0.2, 0.25) is 0 Å². The molecule has 3 aliphatic rings. The maximum absolute atomic E-state index is 12.7. The van der Waals surface area contributed by atoms with E-state index in [1.807, 2.05) is 4.90 Å². The first-order chi connectivity index (χ1) is 12.1. The van der Waals surface area contributed by atoms with Crippen molar-refractivity contribution in [3.63, 3.8) is 0 Å². The van der Waals surface area contributed by atoms with Crippen molar-refractivity contribution in [3.8, 4) is 0 Å². The molecule has 0 unspecified atom stereocenters. The van der Waals surface area contributed by atoms with Crippen molar-refractivity contribution in [1.82, 2.24) is 20.0 Å². The van der Waals surface area contributed by atoms with Gasteiger partial charge in [-0.25, -0.2) is 4.79 Å². The number of urea groups is 1. The molecule has 3 fully saturated rings. The Morgan fingerprint density at radius 2 is 2.00 bits per heavy atom. The Morgan fingerprint density at radius 1 is 1.24 bits per heavy atom. The van der Waals surface area contributed by atoms with Crippen LogP contribution in [0.25, 0.3) is 0 Å². The van der Waals surface area contributed by atoms with Gasteiger partial charge < -0.3 is 9.64 Å². The van der Waals surface area contributed by atoms with E-state index in [0.29, 0.717) is 11.0 Å². The van der Waals surface area contributed by atoms with E-state index < -0.39 is 0 Å². The fraction of sp³-hybridized carbons (Fsp3) is 0.824. The van der Waals surface area contributed by atoms with Crippen LogP contribution in [0.4, 0.5) is 9.93 Å². The first kappa shape index (κ1) is 17.2. The molecule has 1 N–H and O–H groups in total. The van der Waals surface area contributed by atoms with Gasteiger partial charge in [0, 0.05) is 38.1 Å². The molecule has 2 saturated heterocycles. The Morgan fingerprint density at radius 3 is 2.72 bits per heavy atom. The number of hydrogen-bond donors (Lipinski definition) is 1. The zero-order chi connectivity index (χ0) is 17.4. The molecule has 2 aliphatic heterocycles. The summed E-state index contributed by atoms with van der Waals surface area (Å²) in [7, 11) is 0. The van der Waals surface area contributed by atoms with E-state index in [9.17, 15) is 4.79 Å². The zero-order valence-corrected chi connectivity index (χ0v) is 15.8. The molecule has 25 heavy (non-hydrogen) atoms. The van der Waals surface area contributed by atoms with Gasteiger partial charge in [-0.3, -0.25) is 10.2 Å². The fourth-order valence-electron chi connectivity index (χ4n) is 3.97. The summed E-state index contributed by atoms with van der Waals surface area (Å²) in [5, 5.41) is 13.0. The Balaban J connectivity index is 1.34. The van der Waals surface area contributed by atoms with E-state index in [1.165, 1.54) is 24.2 Å². The van der Waals surface area contributed by atoms with Crippen molar-refractivity contribution in [2.45, 2.75) is 63.7 Å². The molecule has 1 aliphatic carbocycles. The standard InChI is InChI=1S/C17H27N5O2S/c1-11-8-21(9-12(2)24-11)10-14-4-3-7-22(14)17(23)18-16-20-19-15(25-16)13-5-6-13/h11-14H,3-10H2,1-2H3,(H,18,20,23)/t11-,12+,14-/m0/s1. The summed E-state index contributed by atoms with van der Waals surface area (Å²) in [4.78, 5) is 17.1. The third-order valence-electron chi connectivity index (χ3n) is 5.18. The quantitative estimate of drug-likeness (QED) is 0.888. The average Bonchev–Trinajstić information content (AvgIpc) is 3.12. The van der Waals surface area contributed by atoms with Gasteiger partial charge in [0.05, 0.1) is 12.2 Å². The van der Waals surface area contributed by atoms with Crippen LogP contribution in [-0.2, 0) is 4.74 Å². The van der Waals surface area contributed by atoms with Crippen LogP contribution in [0.15, 0.2) is 0 Å². The lowest BCUT2D eigenvalue weighted by Crippen LogP contribution is -2.51. The minimum absolute atomic E-state index is 0.0321. The molecule has 1 saturated carbocycles. The molecule has 2 amide bonds. The van der Waals surface area contributed by atoms with Gasteiger partial charge in [0.15, 0.2) is 0 Å². The van der Waals surface area contributed by atoms with Crippen molar-refractivity contribution in [1.29, 1.82) is 0 Å². The lowest BCUT2D eigenvalue weighted by molar-refractivity contribution is -0.0712. The highest BCUT2D eigenvalue weighted by atomic mass is 32.1. The molecule has 0 spiro atoms. The number of aromatic nitrogens is 2. The molecule has 1 aromatic rings. The van der Waals surface area contributed by atoms with E-state index >= 15 is 0 Å². The number of nitrogens with zero attached hydrogens (tertiary/aromatic N) is 4. The van der Waals surface area contributed by atoms with E-state index in [1.54, 1.807) is 0 Å². The SMILES string of the molecule is C[C@@H]1CN(C[C@@H]2CCCN2C(=O)Nc2nnc(C3CC3)s2)C[C@H](C)O1. The van der Waals surface area contributed by atoms with Gasteiger partial charge in [-0.15, -0.1) is 10.2 Å². The van der Waals surface area contributed by atoms with Crippen LogP contribution in [0.5, 0.6) is 0 Å². The lowest BCUT2D eigenvalue weighted by Gasteiger charge is -2.38. The summed E-state index contributed by atoms with van der Waals surface area (Å²) >= 11 is 1.52. The molecule has 0 radical (unpaired) electrons. The molecular weight excluding hydrogens is 338 g/mol. The monoisotopic (exact) mass is 365 g/mol. The number of carbonyl (C=O) groups is 1. The summed E-state index contributed by atoms with van der Waals surface area (Å²) in [5.41, 5.74) is 0. The summed E-state index contributed by atoms with van der Waals surface area (Å²) in [6.45, 7) is 7.87. The second-order valence-electron chi connectivity index (χ2n) is 7.62. The molecule has 0 aromatic carbocycles. The predicted octanol–water partition coefficient (Wildman–Crippen LogP) is 2.52. The molecule has 0 bridgehead atoms. The van der Waals surface area contributed by atoms with Gasteiger partial charge in [-0.1, -0.05) is 11.3 Å².